The highest BCUT2D eigenvalue weighted by molar-refractivity contribution is 5.85. The summed E-state index contributed by atoms with van der Waals surface area (Å²) in [6, 6.07) is 11.1. The summed E-state index contributed by atoms with van der Waals surface area (Å²) in [5.41, 5.74) is 1.40. The van der Waals surface area contributed by atoms with Crippen LogP contribution < -0.4 is 5.32 Å². The summed E-state index contributed by atoms with van der Waals surface area (Å²) < 4.78 is 0. The van der Waals surface area contributed by atoms with Crippen LogP contribution in [0.4, 0.5) is 0 Å². The lowest BCUT2D eigenvalue weighted by molar-refractivity contribution is 0.321. The predicted molar refractivity (Wildman–Crippen MR) is 93.0 cm³/mol. The van der Waals surface area contributed by atoms with Crippen LogP contribution in [0.2, 0.25) is 0 Å². The maximum atomic E-state index is 3.21. The Kier molecular flexibility index (Phi) is 20.1. The topological polar surface area (TPSA) is 46.8 Å². The number of benzene rings is 1. The van der Waals surface area contributed by atoms with E-state index in [1.807, 2.05) is 13.1 Å². The third-order valence-corrected chi connectivity index (χ3v) is 3.22. The molecule has 0 aliphatic rings. The number of halogens is 1. The van der Waals surface area contributed by atoms with Crippen LogP contribution in [-0.2, 0) is 6.42 Å². The summed E-state index contributed by atoms with van der Waals surface area (Å²) in [5.74, 6) is 0. The summed E-state index contributed by atoms with van der Waals surface area (Å²) in [5, 5.41) is 3.21. The van der Waals surface area contributed by atoms with Gasteiger partial charge in [-0.3, -0.25) is 0 Å². The second-order valence-electron chi connectivity index (χ2n) is 4.50. The van der Waals surface area contributed by atoms with Crippen molar-refractivity contribution in [2.75, 3.05) is 26.7 Å². The molecule has 0 radical (unpaired) electrons. The van der Waals surface area contributed by atoms with Gasteiger partial charge in [0.15, 0.2) is 0 Å². The average molecular weight is 305 g/mol. The molecule has 0 aromatic heterocycles. The molecule has 120 valence electrons. The Morgan fingerprint density at radius 2 is 1.45 bits per heavy atom. The van der Waals surface area contributed by atoms with Crippen molar-refractivity contribution in [1.29, 1.82) is 0 Å². The summed E-state index contributed by atoms with van der Waals surface area (Å²) in [6.07, 6.45) is 1.11. The number of nitrogens with zero attached hydrogens (tertiary/aromatic N) is 1. The molecule has 1 aromatic carbocycles. The van der Waals surface area contributed by atoms with Crippen LogP contribution in [-0.4, -0.2) is 43.1 Å². The maximum Gasteiger partial charge on any atom is 0.00761 e. The zero-order valence-corrected chi connectivity index (χ0v) is 14.5. The summed E-state index contributed by atoms with van der Waals surface area (Å²) >= 11 is 0. The Hall–Kier alpha value is -0.610. The van der Waals surface area contributed by atoms with Gasteiger partial charge in [-0.2, -0.15) is 0 Å². The number of rotatable bonds is 6. The van der Waals surface area contributed by atoms with Gasteiger partial charge in [0.05, 0.1) is 0 Å². The number of nitrogens with one attached hydrogen (secondary N) is 1. The van der Waals surface area contributed by atoms with Crippen LogP contribution in [0, 0.1) is 0 Å². The molecule has 1 atom stereocenters. The summed E-state index contributed by atoms with van der Waals surface area (Å²) in [6.45, 7) is 12.3. The summed E-state index contributed by atoms with van der Waals surface area (Å²) in [4.78, 5) is 2.38. The van der Waals surface area contributed by atoms with E-state index in [-0.39, 0.29) is 17.9 Å². The van der Waals surface area contributed by atoms with Gasteiger partial charge in [0.2, 0.25) is 0 Å². The Balaban J connectivity index is -0.000000286. The molecule has 1 aromatic rings. The zero-order valence-electron chi connectivity index (χ0n) is 13.6. The SMILES string of the molecule is CCN(CC)CC.CN[C@@H](C)Cc1ccccc1.Cl.O. The fraction of sp³-hybridized carbons (Fsp3) is 0.625. The Morgan fingerprint density at radius 1 is 1.00 bits per heavy atom. The van der Waals surface area contributed by atoms with Crippen molar-refractivity contribution >= 4 is 12.4 Å². The highest BCUT2D eigenvalue weighted by Gasteiger charge is 1.97. The van der Waals surface area contributed by atoms with E-state index < -0.39 is 0 Å². The first-order valence-corrected chi connectivity index (χ1v) is 7.11. The van der Waals surface area contributed by atoms with Crippen molar-refractivity contribution in [1.82, 2.24) is 10.2 Å². The van der Waals surface area contributed by atoms with E-state index in [0.29, 0.717) is 6.04 Å². The van der Waals surface area contributed by atoms with Gasteiger partial charge in [-0.15, -0.1) is 12.4 Å². The van der Waals surface area contributed by atoms with Gasteiger partial charge < -0.3 is 15.7 Å². The lowest BCUT2D eigenvalue weighted by Gasteiger charge is -2.13. The quantitative estimate of drug-likeness (QED) is 0.878. The molecular formula is C16H33ClN2O. The molecule has 0 amide bonds. The van der Waals surface area contributed by atoms with E-state index in [0.717, 1.165) is 6.42 Å². The molecule has 20 heavy (non-hydrogen) atoms. The second-order valence-corrected chi connectivity index (χ2v) is 4.50. The van der Waals surface area contributed by atoms with Crippen LogP contribution in [0.1, 0.15) is 33.3 Å². The summed E-state index contributed by atoms with van der Waals surface area (Å²) in [7, 11) is 1.99. The monoisotopic (exact) mass is 304 g/mol. The molecule has 3 nitrogen and oxygen atoms in total. The maximum absolute atomic E-state index is 3.21. The molecule has 0 saturated carbocycles. The first-order chi connectivity index (χ1) is 8.67. The van der Waals surface area contributed by atoms with E-state index in [1.165, 1.54) is 25.2 Å². The fourth-order valence-corrected chi connectivity index (χ4v) is 1.74. The smallest absolute Gasteiger partial charge is 0.00761 e. The van der Waals surface area contributed by atoms with E-state index in [9.17, 15) is 0 Å². The molecular weight excluding hydrogens is 272 g/mol. The standard InChI is InChI=1S/C10H15N.C6H15N.ClH.H2O/c1-9(11-2)8-10-6-4-3-5-7-10;1-4-7(5-2)6-3;;/h3-7,9,11H,8H2,1-2H3;4-6H2,1-3H3;1H;1H2/t9-;;;/m0.../s1. The van der Waals surface area contributed by atoms with Crippen LogP contribution in [0.15, 0.2) is 30.3 Å². The number of hydrogen-bond acceptors (Lipinski definition) is 2. The molecule has 0 aliphatic heterocycles. The van der Waals surface area contributed by atoms with Crippen molar-refractivity contribution in [3.8, 4) is 0 Å². The molecule has 3 N–H and O–H groups in total. The third kappa shape index (κ3) is 12.4. The van der Waals surface area contributed by atoms with Gasteiger partial charge in [0, 0.05) is 6.04 Å². The number of likely N-dealkylation sites (N-methyl/N-ethyl adjacent to an activating group) is 1. The Labute approximate surface area is 131 Å². The normalized spacial score (nSPS) is 10.7. The largest absolute Gasteiger partial charge is 0.412 e. The van der Waals surface area contributed by atoms with Crippen LogP contribution in [0.5, 0.6) is 0 Å². The molecule has 1 rings (SSSR count). The predicted octanol–water partition coefficient (Wildman–Crippen LogP) is 2.78. The van der Waals surface area contributed by atoms with E-state index >= 15 is 0 Å². The van der Waals surface area contributed by atoms with Gasteiger partial charge in [0.1, 0.15) is 0 Å². The van der Waals surface area contributed by atoms with Gasteiger partial charge >= 0.3 is 0 Å². The van der Waals surface area contributed by atoms with Crippen molar-refractivity contribution in [3.05, 3.63) is 35.9 Å². The van der Waals surface area contributed by atoms with Gasteiger partial charge in [-0.05, 0) is 45.6 Å². The van der Waals surface area contributed by atoms with Crippen molar-refractivity contribution in [2.24, 2.45) is 0 Å². The minimum Gasteiger partial charge on any atom is -0.412 e. The highest BCUT2D eigenvalue weighted by atomic mass is 35.5. The molecule has 0 spiro atoms. The Bertz CT molecular complexity index is 274. The van der Waals surface area contributed by atoms with Gasteiger partial charge in [-0.1, -0.05) is 51.1 Å². The molecule has 0 fully saturated rings. The second kappa shape index (κ2) is 16.4. The Morgan fingerprint density at radius 3 is 1.75 bits per heavy atom. The molecule has 0 unspecified atom stereocenters. The van der Waals surface area contributed by atoms with Gasteiger partial charge in [-0.25, -0.2) is 0 Å². The molecule has 0 saturated heterocycles. The molecule has 4 heteroatoms. The van der Waals surface area contributed by atoms with Crippen molar-refractivity contribution < 1.29 is 5.48 Å². The minimum absolute atomic E-state index is 0. The highest BCUT2D eigenvalue weighted by Crippen LogP contribution is 2.01. The first-order valence-electron chi connectivity index (χ1n) is 7.11. The lowest BCUT2D eigenvalue weighted by atomic mass is 10.1. The van der Waals surface area contributed by atoms with Crippen molar-refractivity contribution in [3.63, 3.8) is 0 Å². The van der Waals surface area contributed by atoms with E-state index in [4.69, 9.17) is 0 Å². The van der Waals surface area contributed by atoms with E-state index in [2.05, 4.69) is 62.2 Å². The average Bonchev–Trinajstić information content (AvgIpc) is 2.42. The van der Waals surface area contributed by atoms with Crippen LogP contribution in [0.25, 0.3) is 0 Å². The molecule has 0 heterocycles. The van der Waals surface area contributed by atoms with E-state index in [1.54, 1.807) is 0 Å². The van der Waals surface area contributed by atoms with Crippen LogP contribution in [0.3, 0.4) is 0 Å². The zero-order chi connectivity index (χ0) is 13.8. The first kappa shape index (κ1) is 24.4. The van der Waals surface area contributed by atoms with Crippen molar-refractivity contribution in [2.45, 2.75) is 40.2 Å². The lowest BCUT2D eigenvalue weighted by Crippen LogP contribution is -2.23. The van der Waals surface area contributed by atoms with Gasteiger partial charge in [0.25, 0.3) is 0 Å². The van der Waals surface area contributed by atoms with Crippen LogP contribution >= 0.6 is 12.4 Å². The molecule has 0 aliphatic carbocycles. The fourth-order valence-electron chi connectivity index (χ4n) is 1.74. The minimum atomic E-state index is 0. The number of hydrogen-bond donors (Lipinski definition) is 1. The molecule has 0 bridgehead atoms. The third-order valence-electron chi connectivity index (χ3n) is 3.22.